The number of furan rings is 1. The number of allylic oxidation sites excluding steroid dienone is 2. The summed E-state index contributed by atoms with van der Waals surface area (Å²) in [6.07, 6.45) is 0. The maximum atomic E-state index is 13.6. The van der Waals surface area contributed by atoms with Gasteiger partial charge in [0, 0.05) is 36.5 Å². The Hall–Kier alpha value is -4.19. The zero-order valence-electron chi connectivity index (χ0n) is 23.3. The van der Waals surface area contributed by atoms with Gasteiger partial charge in [0.2, 0.25) is 33.0 Å². The van der Waals surface area contributed by atoms with Crippen LogP contribution < -0.4 is 0 Å². The summed E-state index contributed by atoms with van der Waals surface area (Å²) >= 11 is 11.2. The number of benzene rings is 3. The predicted octanol–water partition coefficient (Wildman–Crippen LogP) is 6.11. The first-order valence-corrected chi connectivity index (χ1v) is 15.1. The molecule has 0 saturated carbocycles. The summed E-state index contributed by atoms with van der Waals surface area (Å²) in [7, 11) is -1.64. The molecule has 0 fully saturated rings. The highest BCUT2D eigenvalue weighted by atomic mass is 35.5. The minimum atomic E-state index is -4.26. The van der Waals surface area contributed by atoms with Crippen LogP contribution in [0.4, 0.5) is 0 Å². The van der Waals surface area contributed by atoms with Gasteiger partial charge in [0.1, 0.15) is 15.0 Å². The lowest BCUT2D eigenvalue weighted by molar-refractivity contribution is -0.214. The summed E-state index contributed by atoms with van der Waals surface area (Å²) in [4.78, 5) is 49.0. The molecule has 0 bridgehead atoms. The number of sulfone groups is 1. The van der Waals surface area contributed by atoms with Crippen LogP contribution in [0, 0.1) is 0 Å². The average molecular weight is 653 g/mol. The molecule has 0 radical (unpaired) electrons. The SMILES string of the molecule is COC(C)(OC)c1oc2c(c1S(=O)(=O)c1ccccc1)C(=O)c1ccccc1C2=O.O=C1C(Cl)=C(Cl)C(=O)c2ccccc21. The molecular formula is C32H22Cl2O9S. The van der Waals surface area contributed by atoms with Crippen molar-refractivity contribution in [1.29, 1.82) is 0 Å². The average Bonchev–Trinajstić information content (AvgIpc) is 3.48. The smallest absolute Gasteiger partial charge is 0.229 e. The molecule has 0 atom stereocenters. The second-order valence-electron chi connectivity index (χ2n) is 9.67. The maximum Gasteiger partial charge on any atom is 0.229 e. The Bertz CT molecular complexity index is 1960. The number of halogens is 2. The molecular weight excluding hydrogens is 631 g/mol. The number of hydrogen-bond donors (Lipinski definition) is 0. The van der Waals surface area contributed by atoms with Crippen LogP contribution in [0.3, 0.4) is 0 Å². The summed E-state index contributed by atoms with van der Waals surface area (Å²) < 4.78 is 43.7. The molecule has 0 N–H and O–H groups in total. The fraction of sp³-hybridized carbons (Fsp3) is 0.125. The molecule has 1 aromatic heterocycles. The van der Waals surface area contributed by atoms with Gasteiger partial charge in [0.15, 0.2) is 17.3 Å². The van der Waals surface area contributed by atoms with E-state index in [1.54, 1.807) is 54.6 Å². The number of ketones is 4. The highest BCUT2D eigenvalue weighted by Crippen LogP contribution is 2.43. The Morgan fingerprint density at radius 3 is 1.50 bits per heavy atom. The summed E-state index contributed by atoms with van der Waals surface area (Å²) in [6, 6.07) is 20.3. The van der Waals surface area contributed by atoms with Crippen LogP contribution in [0.5, 0.6) is 0 Å². The number of ether oxygens (including phenoxy) is 2. The van der Waals surface area contributed by atoms with Gasteiger partial charge >= 0.3 is 0 Å². The largest absolute Gasteiger partial charge is 0.450 e. The molecule has 0 unspecified atom stereocenters. The molecule has 12 heteroatoms. The fourth-order valence-electron chi connectivity index (χ4n) is 4.77. The minimum Gasteiger partial charge on any atom is -0.450 e. The van der Waals surface area contributed by atoms with Gasteiger partial charge in [-0.05, 0) is 19.1 Å². The third-order valence-electron chi connectivity index (χ3n) is 7.24. The van der Waals surface area contributed by atoms with Crippen LogP contribution in [0.15, 0.2) is 103 Å². The molecule has 9 nitrogen and oxygen atoms in total. The molecule has 0 aliphatic heterocycles. The zero-order chi connectivity index (χ0) is 32.0. The van der Waals surface area contributed by atoms with Gasteiger partial charge in [-0.1, -0.05) is 89.9 Å². The molecule has 4 aromatic rings. The number of carbonyl (C=O) groups excluding carboxylic acids is 4. The highest BCUT2D eigenvalue weighted by molar-refractivity contribution is 7.91. The van der Waals surface area contributed by atoms with E-state index in [2.05, 4.69) is 0 Å². The van der Waals surface area contributed by atoms with Gasteiger partial charge < -0.3 is 13.9 Å². The Morgan fingerprint density at radius 2 is 1.05 bits per heavy atom. The Labute approximate surface area is 261 Å². The second kappa shape index (κ2) is 11.7. The summed E-state index contributed by atoms with van der Waals surface area (Å²) in [5, 5.41) is -0.397. The van der Waals surface area contributed by atoms with Gasteiger partial charge in [-0.15, -0.1) is 0 Å². The number of hydrogen-bond acceptors (Lipinski definition) is 9. The fourth-order valence-corrected chi connectivity index (χ4v) is 6.83. The molecule has 44 heavy (non-hydrogen) atoms. The van der Waals surface area contributed by atoms with Crippen LogP contribution in [-0.2, 0) is 25.1 Å². The number of rotatable bonds is 5. The van der Waals surface area contributed by atoms with E-state index >= 15 is 0 Å². The molecule has 0 amide bonds. The second-order valence-corrected chi connectivity index (χ2v) is 12.3. The first kappa shape index (κ1) is 31.2. The van der Waals surface area contributed by atoms with Crippen molar-refractivity contribution < 1.29 is 41.5 Å². The standard InChI is InChI=1S/C22H18O7S.C10H4Cl2O2/c1-22(27-2,28-3)21-20(30(25,26)13-9-5-4-6-10-13)16-17(23)14-11-7-8-12-15(14)18(24)19(16)29-21;11-7-8(12)10(14)6-4-2-1-3-5(6)9(7)13/h4-12H,1-3H3;1-4H. The van der Waals surface area contributed by atoms with Crippen molar-refractivity contribution in [3.8, 4) is 0 Å². The maximum absolute atomic E-state index is 13.6. The van der Waals surface area contributed by atoms with Crippen LogP contribution in [0.2, 0.25) is 0 Å². The van der Waals surface area contributed by atoms with E-state index in [0.29, 0.717) is 11.1 Å². The minimum absolute atomic E-state index is 0.0523. The first-order valence-electron chi connectivity index (χ1n) is 12.9. The number of carbonyl (C=O) groups is 4. The van der Waals surface area contributed by atoms with Crippen molar-refractivity contribution in [2.75, 3.05) is 14.2 Å². The van der Waals surface area contributed by atoms with Gasteiger partial charge in [-0.25, -0.2) is 8.42 Å². The topological polar surface area (TPSA) is 134 Å². The first-order chi connectivity index (χ1) is 20.9. The van der Waals surface area contributed by atoms with E-state index in [1.807, 2.05) is 0 Å². The predicted molar refractivity (Wildman–Crippen MR) is 159 cm³/mol. The molecule has 0 saturated heterocycles. The quantitative estimate of drug-likeness (QED) is 0.206. The van der Waals surface area contributed by atoms with Crippen LogP contribution in [0.25, 0.3) is 0 Å². The van der Waals surface area contributed by atoms with Gasteiger partial charge in [-0.2, -0.15) is 0 Å². The van der Waals surface area contributed by atoms with E-state index in [4.69, 9.17) is 37.1 Å². The third-order valence-corrected chi connectivity index (χ3v) is 9.87. The summed E-state index contributed by atoms with van der Waals surface area (Å²) in [5.41, 5.74) is 0.579. The zero-order valence-corrected chi connectivity index (χ0v) is 25.7. The highest BCUT2D eigenvalue weighted by Gasteiger charge is 2.47. The lowest BCUT2D eigenvalue weighted by atomic mass is 9.88. The summed E-state index contributed by atoms with van der Waals surface area (Å²) in [6.45, 7) is 1.45. The number of fused-ring (bicyclic) bond motifs is 3. The molecule has 1 heterocycles. The van der Waals surface area contributed by atoms with Gasteiger partial charge in [0.05, 0.1) is 10.5 Å². The van der Waals surface area contributed by atoms with E-state index in [-0.39, 0.29) is 43.2 Å². The van der Waals surface area contributed by atoms with Crippen molar-refractivity contribution in [3.05, 3.63) is 128 Å². The molecule has 224 valence electrons. The Kier molecular flexibility index (Phi) is 8.32. The summed E-state index contributed by atoms with van der Waals surface area (Å²) in [5.74, 6) is -4.25. The number of methoxy groups -OCH3 is 2. The van der Waals surface area contributed by atoms with Crippen molar-refractivity contribution >= 4 is 56.2 Å². The lowest BCUT2D eigenvalue weighted by Crippen LogP contribution is -2.28. The molecule has 6 rings (SSSR count). The Balaban J connectivity index is 0.000000229. The van der Waals surface area contributed by atoms with Crippen LogP contribution in [0.1, 0.15) is 65.4 Å². The van der Waals surface area contributed by atoms with E-state index in [9.17, 15) is 27.6 Å². The molecule has 2 aliphatic carbocycles. The van der Waals surface area contributed by atoms with E-state index in [0.717, 1.165) is 0 Å². The van der Waals surface area contributed by atoms with Crippen molar-refractivity contribution in [2.24, 2.45) is 0 Å². The molecule has 2 aliphatic rings. The molecule has 3 aromatic carbocycles. The lowest BCUT2D eigenvalue weighted by Gasteiger charge is -2.25. The van der Waals surface area contributed by atoms with Crippen molar-refractivity contribution in [3.63, 3.8) is 0 Å². The third kappa shape index (κ3) is 4.94. The van der Waals surface area contributed by atoms with Gasteiger partial charge in [0.25, 0.3) is 0 Å². The molecule has 0 spiro atoms. The van der Waals surface area contributed by atoms with Gasteiger partial charge in [-0.3, -0.25) is 19.2 Å². The van der Waals surface area contributed by atoms with Crippen molar-refractivity contribution in [1.82, 2.24) is 0 Å². The van der Waals surface area contributed by atoms with Crippen molar-refractivity contribution in [2.45, 2.75) is 22.5 Å². The normalized spacial score (nSPS) is 14.5. The monoisotopic (exact) mass is 652 g/mol. The van der Waals surface area contributed by atoms with Crippen LogP contribution in [-0.4, -0.2) is 45.8 Å². The van der Waals surface area contributed by atoms with Crippen LogP contribution >= 0.6 is 23.2 Å². The Morgan fingerprint density at radius 1 is 0.636 bits per heavy atom. The van der Waals surface area contributed by atoms with E-state index in [1.165, 1.54) is 45.4 Å². The van der Waals surface area contributed by atoms with E-state index < -0.39 is 43.7 Å². The number of Topliss-reactive ketones (excluding diaryl/α,β-unsaturated/α-hetero) is 2.